The fraction of sp³-hybridized carbons (Fsp3) is 0.333. The van der Waals surface area contributed by atoms with Crippen molar-refractivity contribution in [2.45, 2.75) is 13.8 Å². The van der Waals surface area contributed by atoms with Gasteiger partial charge in [-0.1, -0.05) is 0 Å². The van der Waals surface area contributed by atoms with Gasteiger partial charge in [0.1, 0.15) is 11.3 Å². The Hall–Kier alpha value is -1.78. The van der Waals surface area contributed by atoms with Crippen molar-refractivity contribution in [2.24, 2.45) is 0 Å². The number of rotatable bonds is 3. The lowest BCUT2D eigenvalue weighted by Crippen LogP contribution is -2.05. The highest BCUT2D eigenvalue weighted by molar-refractivity contribution is 5.97. The molecule has 0 amide bonds. The molecule has 5 heteroatoms. The number of hydrogen-bond donors (Lipinski definition) is 2. The number of aldehydes is 1. The zero-order valence-corrected chi connectivity index (χ0v) is 7.96. The van der Waals surface area contributed by atoms with Gasteiger partial charge in [-0.25, -0.2) is 4.79 Å². The maximum absolute atomic E-state index is 11.3. The van der Waals surface area contributed by atoms with Crippen LogP contribution in [0.4, 0.5) is 0 Å². The molecule has 0 aliphatic rings. The predicted molar refractivity (Wildman–Crippen MR) is 48.5 cm³/mol. The molecule has 0 saturated heterocycles. The van der Waals surface area contributed by atoms with Crippen molar-refractivity contribution in [3.63, 3.8) is 0 Å². The summed E-state index contributed by atoms with van der Waals surface area (Å²) in [4.78, 5) is 24.3. The van der Waals surface area contributed by atoms with Crippen LogP contribution in [0.2, 0.25) is 0 Å². The first-order valence-corrected chi connectivity index (χ1v) is 4.15. The summed E-state index contributed by atoms with van der Waals surface area (Å²) in [5.74, 6) is -0.984. The van der Waals surface area contributed by atoms with Crippen molar-refractivity contribution in [3.8, 4) is 5.75 Å². The van der Waals surface area contributed by atoms with Crippen molar-refractivity contribution < 1.29 is 19.4 Å². The number of carbonyl (C=O) groups excluding carboxylic acids is 2. The van der Waals surface area contributed by atoms with Crippen molar-refractivity contribution >= 4 is 12.3 Å². The first-order valence-electron chi connectivity index (χ1n) is 4.15. The Kier molecular flexibility index (Phi) is 2.91. The smallest absolute Gasteiger partial charge is 0.343 e. The highest BCUT2D eigenvalue weighted by atomic mass is 16.5. The molecular weight excluding hydrogens is 186 g/mol. The highest BCUT2D eigenvalue weighted by Crippen LogP contribution is 2.25. The van der Waals surface area contributed by atoms with Gasteiger partial charge in [-0.3, -0.25) is 4.79 Å². The Balaban J connectivity index is 3.13. The predicted octanol–water partition coefficient (Wildman–Crippen LogP) is 1.02. The molecular formula is C9H11NO4. The second kappa shape index (κ2) is 3.95. The summed E-state index contributed by atoms with van der Waals surface area (Å²) in [6, 6.07) is 0. The van der Waals surface area contributed by atoms with Gasteiger partial charge >= 0.3 is 5.97 Å². The quantitative estimate of drug-likeness (QED) is 0.560. The van der Waals surface area contributed by atoms with Gasteiger partial charge in [0.15, 0.2) is 12.0 Å². The van der Waals surface area contributed by atoms with Gasteiger partial charge in [-0.2, -0.15) is 0 Å². The Labute approximate surface area is 80.7 Å². The number of esters is 1. The third-order valence-electron chi connectivity index (χ3n) is 1.79. The van der Waals surface area contributed by atoms with E-state index in [-0.39, 0.29) is 23.6 Å². The molecule has 1 rings (SSSR count). The Bertz CT molecular complexity index is 367. The molecule has 0 spiro atoms. The SMILES string of the molecule is CCOC(=O)c1c(C)[nH]c(C=O)c1O. The second-order valence-electron chi connectivity index (χ2n) is 2.73. The van der Waals surface area contributed by atoms with E-state index < -0.39 is 5.97 Å². The number of H-pyrrole nitrogens is 1. The van der Waals surface area contributed by atoms with Gasteiger partial charge in [0.25, 0.3) is 0 Å². The van der Waals surface area contributed by atoms with Crippen LogP contribution in [0.1, 0.15) is 33.5 Å². The summed E-state index contributed by atoms with van der Waals surface area (Å²) < 4.78 is 4.71. The van der Waals surface area contributed by atoms with Crippen LogP contribution >= 0.6 is 0 Å². The molecule has 1 aromatic rings. The van der Waals surface area contributed by atoms with Crippen LogP contribution in [0.15, 0.2) is 0 Å². The van der Waals surface area contributed by atoms with Crippen LogP contribution in [0.25, 0.3) is 0 Å². The minimum atomic E-state index is -0.633. The van der Waals surface area contributed by atoms with Crippen molar-refractivity contribution in [1.29, 1.82) is 0 Å². The zero-order valence-electron chi connectivity index (χ0n) is 7.96. The standard InChI is InChI=1S/C9H11NO4/c1-3-14-9(13)7-5(2)10-6(4-11)8(7)12/h4,10,12H,3H2,1-2H3. The molecule has 0 bridgehead atoms. The highest BCUT2D eigenvalue weighted by Gasteiger charge is 2.21. The molecule has 2 N–H and O–H groups in total. The molecule has 0 atom stereocenters. The monoisotopic (exact) mass is 197 g/mol. The van der Waals surface area contributed by atoms with Crippen molar-refractivity contribution in [2.75, 3.05) is 6.61 Å². The molecule has 1 aromatic heterocycles. The summed E-state index contributed by atoms with van der Waals surface area (Å²) in [6.07, 6.45) is 0.449. The molecule has 0 radical (unpaired) electrons. The normalized spacial score (nSPS) is 9.86. The maximum Gasteiger partial charge on any atom is 0.343 e. The summed E-state index contributed by atoms with van der Waals surface area (Å²) >= 11 is 0. The first-order chi connectivity index (χ1) is 6.61. The molecule has 5 nitrogen and oxygen atoms in total. The lowest BCUT2D eigenvalue weighted by atomic mass is 10.2. The largest absolute Gasteiger partial charge is 0.505 e. The average molecular weight is 197 g/mol. The van der Waals surface area contributed by atoms with Crippen molar-refractivity contribution in [1.82, 2.24) is 4.98 Å². The zero-order chi connectivity index (χ0) is 10.7. The third-order valence-corrected chi connectivity index (χ3v) is 1.79. The topological polar surface area (TPSA) is 79.4 Å². The number of aromatic amines is 1. The van der Waals surface area contributed by atoms with Gasteiger partial charge in [-0.15, -0.1) is 0 Å². The first kappa shape index (κ1) is 10.3. The molecule has 14 heavy (non-hydrogen) atoms. The summed E-state index contributed by atoms with van der Waals surface area (Å²) in [5, 5.41) is 9.44. The molecule has 0 aliphatic heterocycles. The minimum absolute atomic E-state index is 0.00875. The fourth-order valence-electron chi connectivity index (χ4n) is 1.17. The van der Waals surface area contributed by atoms with Gasteiger partial charge in [0.05, 0.1) is 6.61 Å². The number of aryl methyl sites for hydroxylation is 1. The number of aromatic hydroxyl groups is 1. The van der Waals surface area contributed by atoms with E-state index in [1.807, 2.05) is 0 Å². The summed E-state index contributed by atoms with van der Waals surface area (Å²) in [6.45, 7) is 3.47. The number of nitrogens with one attached hydrogen (secondary N) is 1. The van der Waals surface area contributed by atoms with E-state index in [1.165, 1.54) is 0 Å². The fourth-order valence-corrected chi connectivity index (χ4v) is 1.17. The Morgan fingerprint density at radius 1 is 1.64 bits per heavy atom. The molecule has 0 fully saturated rings. The molecule has 1 heterocycles. The van der Waals surface area contributed by atoms with E-state index in [0.717, 1.165) is 0 Å². The van der Waals surface area contributed by atoms with E-state index in [4.69, 9.17) is 4.74 Å². The summed E-state index contributed by atoms with van der Waals surface area (Å²) in [7, 11) is 0. The Morgan fingerprint density at radius 2 is 2.29 bits per heavy atom. The van der Waals surface area contributed by atoms with Crippen molar-refractivity contribution in [3.05, 3.63) is 17.0 Å². The van der Waals surface area contributed by atoms with Gasteiger partial charge < -0.3 is 14.8 Å². The number of hydrogen-bond acceptors (Lipinski definition) is 4. The van der Waals surface area contributed by atoms with Crippen LogP contribution in [-0.2, 0) is 4.74 Å². The van der Waals surface area contributed by atoms with Crippen LogP contribution in [0.5, 0.6) is 5.75 Å². The summed E-state index contributed by atoms with van der Waals surface area (Å²) in [5.41, 5.74) is 0.433. The van der Waals surface area contributed by atoms with Crippen LogP contribution in [0, 0.1) is 6.92 Å². The maximum atomic E-state index is 11.3. The molecule has 0 aliphatic carbocycles. The number of carbonyl (C=O) groups is 2. The lowest BCUT2D eigenvalue weighted by molar-refractivity contribution is 0.0522. The number of aromatic nitrogens is 1. The minimum Gasteiger partial charge on any atom is -0.505 e. The van der Waals surface area contributed by atoms with Gasteiger partial charge in [0, 0.05) is 5.69 Å². The number of ether oxygens (including phenoxy) is 1. The van der Waals surface area contributed by atoms with Crippen LogP contribution in [0.3, 0.4) is 0 Å². The molecule has 76 valence electrons. The van der Waals surface area contributed by atoms with E-state index in [9.17, 15) is 14.7 Å². The van der Waals surface area contributed by atoms with E-state index in [0.29, 0.717) is 12.0 Å². The van der Waals surface area contributed by atoms with E-state index in [1.54, 1.807) is 13.8 Å². The van der Waals surface area contributed by atoms with Gasteiger partial charge in [-0.05, 0) is 13.8 Å². The van der Waals surface area contributed by atoms with Crippen LogP contribution < -0.4 is 0 Å². The molecule has 0 aromatic carbocycles. The third kappa shape index (κ3) is 1.61. The van der Waals surface area contributed by atoms with Crippen LogP contribution in [-0.4, -0.2) is 29.0 Å². The second-order valence-corrected chi connectivity index (χ2v) is 2.73. The lowest BCUT2D eigenvalue weighted by Gasteiger charge is -2.00. The van der Waals surface area contributed by atoms with Gasteiger partial charge in [0.2, 0.25) is 0 Å². The molecule has 0 unspecified atom stereocenters. The molecule has 0 saturated carbocycles. The average Bonchev–Trinajstić information content (AvgIpc) is 2.41. The van der Waals surface area contributed by atoms with E-state index in [2.05, 4.69) is 4.98 Å². The van der Waals surface area contributed by atoms with E-state index >= 15 is 0 Å². The Morgan fingerprint density at radius 3 is 2.71 bits per heavy atom.